The van der Waals surface area contributed by atoms with Crippen molar-refractivity contribution in [1.29, 1.82) is 0 Å². The van der Waals surface area contributed by atoms with Crippen LogP contribution in [0.4, 0.5) is 0 Å². The van der Waals surface area contributed by atoms with E-state index in [0.29, 0.717) is 0 Å². The van der Waals surface area contributed by atoms with Crippen LogP contribution in [0.3, 0.4) is 0 Å². The Kier molecular flexibility index (Phi) is 4.96. The molecule has 7 N–H and O–H groups in total. The molecule has 1 aromatic rings. The molecule has 10 nitrogen and oxygen atoms in total. The van der Waals surface area contributed by atoms with Gasteiger partial charge in [0.25, 0.3) is 5.91 Å². The number of primary amides is 1. The number of likely N-dealkylation sites (N-methyl/N-ethyl adjacent to an activating group) is 1. The summed E-state index contributed by atoms with van der Waals surface area (Å²) in [5.41, 5.74) is -1.10. The van der Waals surface area contributed by atoms with Crippen LogP contribution in [-0.4, -0.2) is 73.6 Å². The SMILES string of the molecule is CN(C)[C@H]1C(=O)C(C(N)=O)=C(O)[C@]2(O)C(=O)C3=C(O)c4c(O)ccc(Cl)c4[C@@](C)(O)[C@@H]3C[C@H]12. The second-order valence-electron chi connectivity index (χ2n) is 9.08. The Labute approximate surface area is 193 Å². The zero-order chi connectivity index (χ0) is 24.8. The molecule has 0 unspecified atom stereocenters. The number of aromatic hydroxyl groups is 1. The highest BCUT2D eigenvalue weighted by Crippen LogP contribution is 2.58. The number of carbonyl (C=O) groups excluding carboxylic acids is 3. The van der Waals surface area contributed by atoms with Crippen LogP contribution >= 0.6 is 11.6 Å². The molecule has 0 radical (unpaired) electrons. The van der Waals surface area contributed by atoms with E-state index in [9.17, 15) is 39.9 Å². The number of carbonyl (C=O) groups is 3. The minimum absolute atomic E-state index is 0.0187. The number of fused-ring (bicyclic) bond motifs is 3. The first-order valence-corrected chi connectivity index (χ1v) is 10.5. The molecule has 1 amide bonds. The summed E-state index contributed by atoms with van der Waals surface area (Å²) < 4.78 is 0. The van der Waals surface area contributed by atoms with E-state index in [1.807, 2.05) is 0 Å². The van der Waals surface area contributed by atoms with Crippen molar-refractivity contribution < 1.29 is 39.9 Å². The van der Waals surface area contributed by atoms with Gasteiger partial charge < -0.3 is 31.3 Å². The molecule has 5 atom stereocenters. The molecule has 176 valence electrons. The Morgan fingerprint density at radius 2 is 1.79 bits per heavy atom. The van der Waals surface area contributed by atoms with Crippen molar-refractivity contribution in [2.24, 2.45) is 17.6 Å². The van der Waals surface area contributed by atoms with Gasteiger partial charge in [0.15, 0.2) is 11.4 Å². The topological polar surface area (TPSA) is 182 Å². The zero-order valence-corrected chi connectivity index (χ0v) is 18.7. The lowest BCUT2D eigenvalue weighted by molar-refractivity contribution is -0.159. The number of amides is 1. The van der Waals surface area contributed by atoms with Gasteiger partial charge in [-0.3, -0.25) is 19.3 Å². The minimum atomic E-state index is -2.78. The van der Waals surface area contributed by atoms with Gasteiger partial charge in [-0.05, 0) is 39.6 Å². The van der Waals surface area contributed by atoms with Crippen LogP contribution in [0.15, 0.2) is 29.0 Å². The summed E-state index contributed by atoms with van der Waals surface area (Å²) in [6.07, 6.45) is -0.259. The Morgan fingerprint density at radius 3 is 2.33 bits per heavy atom. The minimum Gasteiger partial charge on any atom is -0.508 e. The summed E-state index contributed by atoms with van der Waals surface area (Å²) >= 11 is 6.28. The van der Waals surface area contributed by atoms with Crippen molar-refractivity contribution in [3.8, 4) is 5.75 Å². The number of rotatable bonds is 2. The number of phenolic OH excluding ortho intramolecular Hbond substituents is 1. The highest BCUT2D eigenvalue weighted by atomic mass is 35.5. The van der Waals surface area contributed by atoms with Gasteiger partial charge in [0.05, 0.1) is 17.2 Å². The Hall–Kier alpha value is -2.92. The molecule has 0 aliphatic heterocycles. The second kappa shape index (κ2) is 7.04. The van der Waals surface area contributed by atoms with Crippen molar-refractivity contribution in [1.82, 2.24) is 4.90 Å². The monoisotopic (exact) mass is 478 g/mol. The van der Waals surface area contributed by atoms with Crippen LogP contribution in [0.25, 0.3) is 5.76 Å². The largest absolute Gasteiger partial charge is 0.508 e. The number of aliphatic hydroxyl groups is 4. The van der Waals surface area contributed by atoms with Gasteiger partial charge >= 0.3 is 0 Å². The number of nitrogens with two attached hydrogens (primary N) is 1. The predicted molar refractivity (Wildman–Crippen MR) is 115 cm³/mol. The van der Waals surface area contributed by atoms with Crippen molar-refractivity contribution in [2.75, 3.05) is 14.1 Å². The Bertz CT molecular complexity index is 1200. The summed E-state index contributed by atoms with van der Waals surface area (Å²) in [5.74, 6) is -8.30. The van der Waals surface area contributed by atoms with Crippen molar-refractivity contribution >= 4 is 34.8 Å². The summed E-state index contributed by atoms with van der Waals surface area (Å²) in [6.45, 7) is 1.34. The molecule has 1 saturated carbocycles. The average molecular weight is 479 g/mol. The molecular weight excluding hydrogens is 456 g/mol. The fourth-order valence-electron chi connectivity index (χ4n) is 5.58. The van der Waals surface area contributed by atoms with E-state index in [4.69, 9.17) is 17.3 Å². The Balaban J connectivity index is 2.07. The van der Waals surface area contributed by atoms with E-state index < -0.39 is 75.0 Å². The summed E-state index contributed by atoms with van der Waals surface area (Å²) in [5, 5.41) is 55.2. The van der Waals surface area contributed by atoms with E-state index in [0.717, 1.165) is 0 Å². The molecule has 0 spiro atoms. The summed E-state index contributed by atoms with van der Waals surface area (Å²) in [4.78, 5) is 40.1. The van der Waals surface area contributed by atoms with Gasteiger partial charge in [-0.2, -0.15) is 0 Å². The molecule has 0 aromatic heterocycles. The van der Waals surface area contributed by atoms with E-state index in [1.165, 1.54) is 38.1 Å². The molecule has 1 fully saturated rings. The second-order valence-corrected chi connectivity index (χ2v) is 9.48. The molecular formula is C22H23ClN2O8. The van der Waals surface area contributed by atoms with Gasteiger partial charge in [0, 0.05) is 28.0 Å². The maximum atomic E-state index is 13.7. The first-order chi connectivity index (χ1) is 15.2. The van der Waals surface area contributed by atoms with Gasteiger partial charge in [-0.25, -0.2) is 0 Å². The molecule has 33 heavy (non-hydrogen) atoms. The molecule has 1 aromatic carbocycles. The number of hydrogen-bond acceptors (Lipinski definition) is 9. The zero-order valence-electron chi connectivity index (χ0n) is 18.0. The van der Waals surface area contributed by atoms with Gasteiger partial charge in [-0.1, -0.05) is 11.6 Å². The normalized spacial score (nSPS) is 33.7. The van der Waals surface area contributed by atoms with E-state index in [1.54, 1.807) is 0 Å². The lowest BCUT2D eigenvalue weighted by atomic mass is 9.54. The standard InChI is InChI=1S/C22H23ClN2O8/c1-21(32)7-6-8-15(25(2)3)17(28)13(20(24)31)19(30)22(8,33)18(29)11(7)16(27)12-10(26)5-4-9(23)14(12)21/h4-5,7-8,15,26-27,30,32-33H,6H2,1-3H3,(H2,24,31)/t7-,8-,15-,21+,22-/m1/s1. The summed E-state index contributed by atoms with van der Waals surface area (Å²) in [7, 11) is 2.97. The maximum absolute atomic E-state index is 13.7. The molecule has 0 saturated heterocycles. The van der Waals surface area contributed by atoms with Crippen molar-refractivity contribution in [3.05, 3.63) is 45.2 Å². The number of Topliss-reactive ketones (excluding diaryl/α,β-unsaturated/α-hetero) is 2. The molecule has 4 rings (SSSR count). The van der Waals surface area contributed by atoms with Crippen LogP contribution < -0.4 is 5.73 Å². The number of aliphatic hydroxyl groups excluding tert-OH is 2. The number of hydrogen-bond donors (Lipinski definition) is 6. The molecule has 3 aliphatic carbocycles. The molecule has 3 aliphatic rings. The number of benzene rings is 1. The average Bonchev–Trinajstić information content (AvgIpc) is 2.69. The first-order valence-electron chi connectivity index (χ1n) is 10.1. The molecule has 0 heterocycles. The first kappa shape index (κ1) is 23.2. The molecule has 11 heteroatoms. The lowest BCUT2D eigenvalue weighted by Gasteiger charge is -2.53. The van der Waals surface area contributed by atoms with Crippen LogP contribution in [0.2, 0.25) is 5.02 Å². The third kappa shape index (κ3) is 2.75. The fraction of sp³-hybridized carbons (Fsp3) is 0.409. The van der Waals surface area contributed by atoms with E-state index in [2.05, 4.69) is 0 Å². The smallest absolute Gasteiger partial charge is 0.255 e. The Morgan fingerprint density at radius 1 is 1.18 bits per heavy atom. The van der Waals surface area contributed by atoms with Gasteiger partial charge in [0.2, 0.25) is 5.78 Å². The van der Waals surface area contributed by atoms with E-state index >= 15 is 0 Å². The van der Waals surface area contributed by atoms with Crippen LogP contribution in [0.5, 0.6) is 5.75 Å². The van der Waals surface area contributed by atoms with Crippen LogP contribution in [-0.2, 0) is 20.0 Å². The summed E-state index contributed by atoms with van der Waals surface area (Å²) in [6, 6.07) is 1.24. The van der Waals surface area contributed by atoms with Crippen molar-refractivity contribution in [3.63, 3.8) is 0 Å². The quantitative estimate of drug-likeness (QED) is 0.325. The third-order valence-electron chi connectivity index (χ3n) is 7.07. The van der Waals surface area contributed by atoms with Crippen LogP contribution in [0.1, 0.15) is 24.5 Å². The van der Waals surface area contributed by atoms with E-state index in [-0.39, 0.29) is 22.6 Å². The highest BCUT2D eigenvalue weighted by Gasteiger charge is 2.66. The number of halogens is 1. The highest BCUT2D eigenvalue weighted by molar-refractivity contribution is 6.32. The van der Waals surface area contributed by atoms with Gasteiger partial charge in [-0.15, -0.1) is 0 Å². The number of ketones is 2. The predicted octanol–water partition coefficient (Wildman–Crippen LogP) is 0.282. The van der Waals surface area contributed by atoms with Gasteiger partial charge in [0.1, 0.15) is 22.8 Å². The van der Waals surface area contributed by atoms with Crippen LogP contribution in [0, 0.1) is 11.8 Å². The lowest BCUT2D eigenvalue weighted by Crippen LogP contribution is -2.67. The van der Waals surface area contributed by atoms with Crippen molar-refractivity contribution in [2.45, 2.75) is 30.6 Å². The number of nitrogens with zero attached hydrogens (tertiary/aromatic N) is 1. The third-order valence-corrected chi connectivity index (χ3v) is 7.39. The maximum Gasteiger partial charge on any atom is 0.255 e. The fourth-order valence-corrected chi connectivity index (χ4v) is 5.93. The molecule has 0 bridgehead atoms. The number of phenols is 1.